The van der Waals surface area contributed by atoms with Crippen molar-refractivity contribution in [1.29, 1.82) is 0 Å². The van der Waals surface area contributed by atoms with Gasteiger partial charge in [-0.05, 0) is 29.8 Å². The minimum Gasteiger partial charge on any atom is -0.399 e. The minimum absolute atomic E-state index is 0.0852. The van der Waals surface area contributed by atoms with Crippen LogP contribution in [0.1, 0.15) is 5.56 Å². The normalized spacial score (nSPS) is 10.1. The molecule has 19 heavy (non-hydrogen) atoms. The van der Waals surface area contributed by atoms with Gasteiger partial charge in [0.05, 0.1) is 4.92 Å². The van der Waals surface area contributed by atoms with Crippen LogP contribution < -0.4 is 16.8 Å². The van der Waals surface area contributed by atoms with E-state index in [-0.39, 0.29) is 11.4 Å². The molecule has 0 bridgehead atoms. The molecule has 0 aliphatic heterocycles. The lowest BCUT2D eigenvalue weighted by atomic mass is 10.2. The lowest BCUT2D eigenvalue weighted by molar-refractivity contribution is -0.383. The molecule has 0 unspecified atom stereocenters. The molecule has 0 saturated heterocycles. The maximum Gasteiger partial charge on any atom is 0.292 e. The van der Waals surface area contributed by atoms with Crippen molar-refractivity contribution in [3.63, 3.8) is 0 Å². The van der Waals surface area contributed by atoms with Crippen molar-refractivity contribution < 1.29 is 4.92 Å². The first-order valence-corrected chi connectivity index (χ1v) is 5.68. The zero-order chi connectivity index (χ0) is 13.8. The van der Waals surface area contributed by atoms with Crippen LogP contribution in [0.25, 0.3) is 0 Å². The van der Waals surface area contributed by atoms with Gasteiger partial charge in [-0.3, -0.25) is 10.1 Å². The number of nitrogen functional groups attached to an aromatic ring is 2. The fourth-order valence-electron chi connectivity index (χ4n) is 1.67. The number of hydrogen-bond donors (Lipinski definition) is 3. The summed E-state index contributed by atoms with van der Waals surface area (Å²) in [5.74, 6) is 0. The molecule has 0 aliphatic rings. The molecule has 0 aliphatic carbocycles. The van der Waals surface area contributed by atoms with Gasteiger partial charge in [0.1, 0.15) is 5.69 Å². The number of nitro benzene ring substituents is 1. The molecular weight excluding hydrogens is 244 g/mol. The molecule has 0 spiro atoms. The highest BCUT2D eigenvalue weighted by atomic mass is 16.6. The topological polar surface area (TPSA) is 107 Å². The number of benzene rings is 2. The van der Waals surface area contributed by atoms with Gasteiger partial charge >= 0.3 is 0 Å². The summed E-state index contributed by atoms with van der Waals surface area (Å²) in [6.45, 7) is 0.595. The van der Waals surface area contributed by atoms with E-state index in [1.807, 2.05) is 24.3 Å². The zero-order valence-corrected chi connectivity index (χ0v) is 10.2. The number of nitro groups is 1. The second-order valence-corrected chi connectivity index (χ2v) is 4.13. The van der Waals surface area contributed by atoms with Crippen molar-refractivity contribution in [2.75, 3.05) is 16.8 Å². The number of anilines is 3. The summed E-state index contributed by atoms with van der Waals surface area (Å²) in [5.41, 5.74) is 13.8. The third kappa shape index (κ3) is 3.12. The van der Waals surface area contributed by atoms with Crippen molar-refractivity contribution in [2.24, 2.45) is 0 Å². The van der Waals surface area contributed by atoms with Crippen LogP contribution in [0.15, 0.2) is 42.5 Å². The standard InChI is InChI=1S/C13H14N4O2/c14-10-3-1-9(2-4-10)8-16-11-5-6-13(17(18)19)12(15)7-11/h1-7,16H,8,14-15H2. The fraction of sp³-hybridized carbons (Fsp3) is 0.0769. The quantitative estimate of drug-likeness (QED) is 0.443. The van der Waals surface area contributed by atoms with Crippen LogP contribution in [0, 0.1) is 10.1 Å². The first-order valence-electron chi connectivity index (χ1n) is 5.68. The van der Waals surface area contributed by atoms with Crippen LogP contribution in [0.5, 0.6) is 0 Å². The smallest absolute Gasteiger partial charge is 0.292 e. The predicted molar refractivity (Wildman–Crippen MR) is 75.7 cm³/mol. The molecule has 0 aromatic heterocycles. The third-order valence-electron chi connectivity index (χ3n) is 2.70. The number of nitrogens with zero attached hydrogens (tertiary/aromatic N) is 1. The Morgan fingerprint density at radius 2 is 1.79 bits per heavy atom. The van der Waals surface area contributed by atoms with Gasteiger partial charge < -0.3 is 16.8 Å². The van der Waals surface area contributed by atoms with Gasteiger partial charge in [0.15, 0.2) is 0 Å². The number of nitrogens with two attached hydrogens (primary N) is 2. The Kier molecular flexibility index (Phi) is 3.51. The summed E-state index contributed by atoms with van der Waals surface area (Å²) in [5, 5.41) is 13.8. The van der Waals surface area contributed by atoms with Crippen LogP contribution >= 0.6 is 0 Å². The fourth-order valence-corrected chi connectivity index (χ4v) is 1.67. The second-order valence-electron chi connectivity index (χ2n) is 4.13. The van der Waals surface area contributed by atoms with Gasteiger partial charge in [0.2, 0.25) is 0 Å². The molecule has 6 heteroatoms. The van der Waals surface area contributed by atoms with Gasteiger partial charge in [-0.25, -0.2) is 0 Å². The highest BCUT2D eigenvalue weighted by Crippen LogP contribution is 2.24. The average molecular weight is 258 g/mol. The Hall–Kier alpha value is -2.76. The maximum absolute atomic E-state index is 10.6. The van der Waals surface area contributed by atoms with E-state index in [0.717, 1.165) is 11.3 Å². The molecule has 2 rings (SSSR count). The molecule has 0 fully saturated rings. The van der Waals surface area contributed by atoms with Crippen molar-refractivity contribution in [2.45, 2.75) is 6.54 Å². The Labute approximate surface area is 110 Å². The summed E-state index contributed by atoms with van der Waals surface area (Å²) >= 11 is 0. The number of nitrogens with one attached hydrogen (secondary N) is 1. The third-order valence-corrected chi connectivity index (χ3v) is 2.70. The van der Waals surface area contributed by atoms with E-state index in [1.165, 1.54) is 6.07 Å². The predicted octanol–water partition coefficient (Wildman–Crippen LogP) is 2.37. The molecule has 0 heterocycles. The zero-order valence-electron chi connectivity index (χ0n) is 10.2. The van der Waals surface area contributed by atoms with Crippen molar-refractivity contribution in [1.82, 2.24) is 0 Å². The van der Waals surface area contributed by atoms with Crippen molar-refractivity contribution in [3.8, 4) is 0 Å². The molecule has 5 N–H and O–H groups in total. The van der Waals surface area contributed by atoms with Gasteiger partial charge in [-0.15, -0.1) is 0 Å². The molecule has 2 aromatic rings. The maximum atomic E-state index is 10.6. The summed E-state index contributed by atoms with van der Waals surface area (Å²) in [4.78, 5) is 10.1. The molecular formula is C13H14N4O2. The first-order chi connectivity index (χ1) is 9.06. The summed E-state index contributed by atoms with van der Waals surface area (Å²) in [7, 11) is 0. The first kappa shape index (κ1) is 12.7. The van der Waals surface area contributed by atoms with Crippen LogP contribution in [-0.2, 0) is 6.54 Å². The van der Waals surface area contributed by atoms with E-state index < -0.39 is 4.92 Å². The lowest BCUT2D eigenvalue weighted by Crippen LogP contribution is -2.01. The van der Waals surface area contributed by atoms with Gasteiger partial charge in [-0.2, -0.15) is 0 Å². The molecule has 6 nitrogen and oxygen atoms in total. The lowest BCUT2D eigenvalue weighted by Gasteiger charge is -2.07. The largest absolute Gasteiger partial charge is 0.399 e. The van der Waals surface area contributed by atoms with Gasteiger partial charge in [0.25, 0.3) is 5.69 Å². The average Bonchev–Trinajstić information content (AvgIpc) is 2.37. The van der Waals surface area contributed by atoms with Crippen LogP contribution in [0.2, 0.25) is 0 Å². The monoisotopic (exact) mass is 258 g/mol. The summed E-state index contributed by atoms with van der Waals surface area (Å²) in [6, 6.07) is 12.0. The summed E-state index contributed by atoms with van der Waals surface area (Å²) in [6.07, 6.45) is 0. The van der Waals surface area contributed by atoms with Crippen molar-refractivity contribution in [3.05, 3.63) is 58.1 Å². The highest BCUT2D eigenvalue weighted by molar-refractivity contribution is 5.65. The Morgan fingerprint density at radius 1 is 1.11 bits per heavy atom. The Bertz CT molecular complexity index is 596. The Morgan fingerprint density at radius 3 is 2.37 bits per heavy atom. The number of rotatable bonds is 4. The number of hydrogen-bond acceptors (Lipinski definition) is 5. The van der Waals surface area contributed by atoms with Crippen LogP contribution in [0.3, 0.4) is 0 Å². The van der Waals surface area contributed by atoms with Gasteiger partial charge in [-0.1, -0.05) is 12.1 Å². The minimum atomic E-state index is -0.501. The summed E-state index contributed by atoms with van der Waals surface area (Å²) < 4.78 is 0. The molecule has 0 saturated carbocycles. The highest BCUT2D eigenvalue weighted by Gasteiger charge is 2.10. The van der Waals surface area contributed by atoms with E-state index in [1.54, 1.807) is 12.1 Å². The SMILES string of the molecule is Nc1ccc(CNc2ccc([N+](=O)[O-])c(N)c2)cc1. The van der Waals surface area contributed by atoms with E-state index in [4.69, 9.17) is 11.5 Å². The van der Waals surface area contributed by atoms with E-state index >= 15 is 0 Å². The molecule has 0 radical (unpaired) electrons. The van der Waals surface area contributed by atoms with Gasteiger partial charge in [0, 0.05) is 24.0 Å². The van der Waals surface area contributed by atoms with Crippen LogP contribution in [0.4, 0.5) is 22.7 Å². The van der Waals surface area contributed by atoms with E-state index in [2.05, 4.69) is 5.32 Å². The van der Waals surface area contributed by atoms with Crippen molar-refractivity contribution >= 4 is 22.7 Å². The molecule has 2 aromatic carbocycles. The molecule has 0 amide bonds. The second kappa shape index (κ2) is 5.26. The Balaban J connectivity index is 2.06. The van der Waals surface area contributed by atoms with E-state index in [0.29, 0.717) is 12.2 Å². The van der Waals surface area contributed by atoms with Crippen LogP contribution in [-0.4, -0.2) is 4.92 Å². The van der Waals surface area contributed by atoms with E-state index in [9.17, 15) is 10.1 Å². The molecule has 98 valence electrons. The molecule has 0 atom stereocenters.